The Kier molecular flexibility index (Phi) is 4.68. The van der Waals surface area contributed by atoms with Gasteiger partial charge in [0.15, 0.2) is 0 Å². The van der Waals surface area contributed by atoms with E-state index in [0.717, 1.165) is 5.92 Å². The highest BCUT2D eigenvalue weighted by molar-refractivity contribution is 14.1. The monoisotopic (exact) mass is 328 g/mol. The predicted octanol–water partition coefficient (Wildman–Crippen LogP) is 5.62. The molecule has 0 aliphatic heterocycles. The van der Waals surface area contributed by atoms with Gasteiger partial charge in [-0.2, -0.15) is 0 Å². The lowest BCUT2D eigenvalue weighted by atomic mass is 9.84. The summed E-state index contributed by atoms with van der Waals surface area (Å²) in [4.78, 5) is 0. The molecule has 0 nitrogen and oxygen atoms in total. The van der Waals surface area contributed by atoms with Gasteiger partial charge in [0.1, 0.15) is 0 Å². The van der Waals surface area contributed by atoms with Crippen LogP contribution in [0.3, 0.4) is 0 Å². The van der Waals surface area contributed by atoms with Crippen LogP contribution >= 0.6 is 22.6 Å². The van der Waals surface area contributed by atoms with E-state index in [9.17, 15) is 0 Å². The van der Waals surface area contributed by atoms with E-state index in [1.165, 1.54) is 44.1 Å². The van der Waals surface area contributed by atoms with Crippen LogP contribution in [0.2, 0.25) is 0 Å². The molecule has 0 heterocycles. The lowest BCUT2D eigenvalue weighted by molar-refractivity contribution is 0.443. The van der Waals surface area contributed by atoms with Crippen LogP contribution in [0, 0.1) is 0 Å². The fraction of sp³-hybridized carbons (Fsp3) is 0.600. The van der Waals surface area contributed by atoms with Crippen molar-refractivity contribution < 1.29 is 0 Å². The summed E-state index contributed by atoms with van der Waals surface area (Å²) in [5, 5.41) is 0. The third kappa shape index (κ3) is 2.99. The summed E-state index contributed by atoms with van der Waals surface area (Å²) in [6.07, 6.45) is 8.33. The van der Waals surface area contributed by atoms with E-state index in [2.05, 4.69) is 53.8 Å². The Balaban J connectivity index is 2.06. The highest BCUT2D eigenvalue weighted by Gasteiger charge is 2.15. The van der Waals surface area contributed by atoms with Crippen molar-refractivity contribution in [3.05, 3.63) is 35.4 Å². The maximum atomic E-state index is 2.54. The van der Waals surface area contributed by atoms with Gasteiger partial charge in [-0.05, 0) is 36.3 Å². The molecule has 0 N–H and O–H groups in total. The Hall–Kier alpha value is -0.0500. The normalized spacial score (nSPS) is 19.6. The minimum atomic E-state index is 0.679. The molecule has 0 amide bonds. The number of benzene rings is 1. The molecule has 16 heavy (non-hydrogen) atoms. The minimum Gasteiger partial charge on any atom is -0.0774 e. The molecule has 2 rings (SSSR count). The van der Waals surface area contributed by atoms with Gasteiger partial charge in [-0.15, -0.1) is 0 Å². The van der Waals surface area contributed by atoms with E-state index in [0.29, 0.717) is 3.92 Å². The smallest absolute Gasteiger partial charge is 0.0356 e. The molecular formula is C15H21I. The van der Waals surface area contributed by atoms with Gasteiger partial charge in [0.2, 0.25) is 0 Å². The number of alkyl halides is 1. The second-order valence-corrected chi connectivity index (χ2v) is 6.38. The van der Waals surface area contributed by atoms with Gasteiger partial charge in [0, 0.05) is 3.92 Å². The van der Waals surface area contributed by atoms with Gasteiger partial charge in [0.05, 0.1) is 0 Å². The molecule has 88 valence electrons. The minimum absolute atomic E-state index is 0.679. The molecule has 1 atom stereocenters. The standard InChI is InChI=1S/C15H21I/c1-2-15(16)14-10-8-13(9-11-14)12-6-4-3-5-7-12/h8-12,15H,2-7H2,1H3. The Morgan fingerprint density at radius 1 is 1.12 bits per heavy atom. The van der Waals surface area contributed by atoms with E-state index in [4.69, 9.17) is 0 Å². The summed E-state index contributed by atoms with van der Waals surface area (Å²) in [7, 11) is 0. The molecule has 1 aliphatic carbocycles. The van der Waals surface area contributed by atoms with Crippen LogP contribution in [-0.4, -0.2) is 0 Å². The zero-order valence-corrected chi connectivity index (χ0v) is 12.2. The summed E-state index contributed by atoms with van der Waals surface area (Å²) in [6, 6.07) is 9.41. The number of hydrogen-bond donors (Lipinski definition) is 0. The van der Waals surface area contributed by atoms with Gasteiger partial charge < -0.3 is 0 Å². The largest absolute Gasteiger partial charge is 0.0774 e. The third-order valence-electron chi connectivity index (χ3n) is 3.73. The van der Waals surface area contributed by atoms with E-state index < -0.39 is 0 Å². The second-order valence-electron chi connectivity index (χ2n) is 4.88. The average molecular weight is 328 g/mol. The van der Waals surface area contributed by atoms with E-state index in [1.807, 2.05) is 0 Å². The summed E-state index contributed by atoms with van der Waals surface area (Å²) in [5.41, 5.74) is 3.06. The number of rotatable bonds is 3. The van der Waals surface area contributed by atoms with Crippen molar-refractivity contribution in [2.45, 2.75) is 55.3 Å². The lowest BCUT2D eigenvalue weighted by Gasteiger charge is -2.22. The maximum absolute atomic E-state index is 2.54. The lowest BCUT2D eigenvalue weighted by Crippen LogP contribution is -2.04. The van der Waals surface area contributed by atoms with E-state index >= 15 is 0 Å². The van der Waals surface area contributed by atoms with Gasteiger partial charge in [0.25, 0.3) is 0 Å². The molecule has 0 spiro atoms. The second kappa shape index (κ2) is 6.04. The Labute approximate surface area is 113 Å². The summed E-state index contributed by atoms with van der Waals surface area (Å²) >= 11 is 2.54. The van der Waals surface area contributed by atoms with Gasteiger partial charge >= 0.3 is 0 Å². The van der Waals surface area contributed by atoms with Crippen LogP contribution in [0.1, 0.15) is 66.4 Å². The van der Waals surface area contributed by atoms with Crippen molar-refractivity contribution in [2.24, 2.45) is 0 Å². The first kappa shape index (κ1) is 12.4. The molecule has 0 saturated heterocycles. The zero-order chi connectivity index (χ0) is 11.4. The zero-order valence-electron chi connectivity index (χ0n) is 10.1. The predicted molar refractivity (Wildman–Crippen MR) is 79.3 cm³/mol. The highest BCUT2D eigenvalue weighted by atomic mass is 127. The van der Waals surface area contributed by atoms with Crippen LogP contribution in [0.15, 0.2) is 24.3 Å². The first-order chi connectivity index (χ1) is 7.81. The van der Waals surface area contributed by atoms with Crippen LogP contribution < -0.4 is 0 Å². The Bertz CT molecular complexity index is 309. The molecular weight excluding hydrogens is 307 g/mol. The highest BCUT2D eigenvalue weighted by Crippen LogP contribution is 2.34. The molecule has 1 aliphatic rings. The van der Waals surface area contributed by atoms with Crippen molar-refractivity contribution in [3.63, 3.8) is 0 Å². The van der Waals surface area contributed by atoms with Crippen LogP contribution in [-0.2, 0) is 0 Å². The van der Waals surface area contributed by atoms with Crippen molar-refractivity contribution >= 4 is 22.6 Å². The number of halogens is 1. The van der Waals surface area contributed by atoms with Crippen LogP contribution in [0.5, 0.6) is 0 Å². The van der Waals surface area contributed by atoms with Crippen molar-refractivity contribution in [1.29, 1.82) is 0 Å². The quantitative estimate of drug-likeness (QED) is 0.499. The SMILES string of the molecule is CCC(I)c1ccc(C2CCCCC2)cc1. The summed E-state index contributed by atoms with van der Waals surface area (Å²) in [6.45, 7) is 2.26. The molecule has 0 radical (unpaired) electrons. The van der Waals surface area contributed by atoms with Crippen LogP contribution in [0.4, 0.5) is 0 Å². The van der Waals surface area contributed by atoms with Gasteiger partial charge in [-0.3, -0.25) is 0 Å². The third-order valence-corrected chi connectivity index (χ3v) is 5.33. The molecule has 1 saturated carbocycles. The Morgan fingerprint density at radius 3 is 2.31 bits per heavy atom. The first-order valence-electron chi connectivity index (χ1n) is 6.55. The van der Waals surface area contributed by atoms with E-state index in [1.54, 1.807) is 5.56 Å². The summed E-state index contributed by atoms with van der Waals surface area (Å²) < 4.78 is 0.679. The van der Waals surface area contributed by atoms with E-state index in [-0.39, 0.29) is 0 Å². The maximum Gasteiger partial charge on any atom is 0.0356 e. The molecule has 1 aromatic rings. The van der Waals surface area contributed by atoms with Crippen LogP contribution in [0.25, 0.3) is 0 Å². The molecule has 1 aromatic carbocycles. The summed E-state index contributed by atoms with van der Waals surface area (Å²) in [5.74, 6) is 0.845. The number of hydrogen-bond acceptors (Lipinski definition) is 0. The fourth-order valence-electron chi connectivity index (χ4n) is 2.65. The molecule has 0 bridgehead atoms. The van der Waals surface area contributed by atoms with Gasteiger partial charge in [-0.25, -0.2) is 0 Å². The first-order valence-corrected chi connectivity index (χ1v) is 7.79. The van der Waals surface area contributed by atoms with Crippen molar-refractivity contribution in [3.8, 4) is 0 Å². The topological polar surface area (TPSA) is 0 Å². The molecule has 1 heteroatoms. The van der Waals surface area contributed by atoms with Crippen molar-refractivity contribution in [2.75, 3.05) is 0 Å². The van der Waals surface area contributed by atoms with Gasteiger partial charge in [-0.1, -0.05) is 73.0 Å². The van der Waals surface area contributed by atoms with Crippen molar-refractivity contribution in [1.82, 2.24) is 0 Å². The Morgan fingerprint density at radius 2 is 1.75 bits per heavy atom. The average Bonchev–Trinajstić information content (AvgIpc) is 2.39. The molecule has 0 aromatic heterocycles. The molecule has 1 fully saturated rings. The molecule has 1 unspecified atom stereocenters. The fourth-order valence-corrected chi connectivity index (χ4v) is 3.06.